The van der Waals surface area contributed by atoms with Crippen LogP contribution in [0.3, 0.4) is 0 Å². The van der Waals surface area contributed by atoms with Crippen LogP contribution in [0.25, 0.3) is 5.69 Å². The van der Waals surface area contributed by atoms with E-state index in [1.165, 1.54) is 22.9 Å². The average Bonchev–Trinajstić information content (AvgIpc) is 2.57. The summed E-state index contributed by atoms with van der Waals surface area (Å²) in [5, 5.41) is 0. The van der Waals surface area contributed by atoms with Crippen LogP contribution in [0, 0.1) is 5.82 Å². The number of nitrogen functional groups attached to an aromatic ring is 1. The highest BCUT2D eigenvalue weighted by atomic mass is 19.1. The normalized spacial score (nSPS) is 20.8. The molecule has 1 aromatic carbocycles. The van der Waals surface area contributed by atoms with Crippen LogP contribution in [0.1, 0.15) is 31.2 Å². The maximum Gasteiger partial charge on any atom is 0.354 e. The fourth-order valence-corrected chi connectivity index (χ4v) is 3.37. The van der Waals surface area contributed by atoms with Gasteiger partial charge >= 0.3 is 5.69 Å². The number of hydrogen-bond acceptors (Lipinski definition) is 5. The van der Waals surface area contributed by atoms with Crippen molar-refractivity contribution in [1.82, 2.24) is 14.5 Å². The van der Waals surface area contributed by atoms with E-state index >= 15 is 0 Å². The molecule has 1 heterocycles. The topological polar surface area (TPSA) is 90.2 Å². The van der Waals surface area contributed by atoms with Crippen molar-refractivity contribution in [2.24, 2.45) is 5.73 Å². The van der Waals surface area contributed by atoms with Crippen LogP contribution in [0.2, 0.25) is 0 Å². The van der Waals surface area contributed by atoms with E-state index in [2.05, 4.69) is 9.88 Å². The highest BCUT2D eigenvalue weighted by Crippen LogP contribution is 2.23. The molecule has 134 valence electrons. The summed E-state index contributed by atoms with van der Waals surface area (Å²) in [7, 11) is 2.02. The molecule has 7 heteroatoms. The Labute approximate surface area is 146 Å². The van der Waals surface area contributed by atoms with Gasteiger partial charge in [-0.2, -0.15) is 4.98 Å². The fourth-order valence-electron chi connectivity index (χ4n) is 3.37. The quantitative estimate of drug-likeness (QED) is 0.879. The largest absolute Gasteiger partial charge is 0.383 e. The van der Waals surface area contributed by atoms with Crippen LogP contribution < -0.4 is 17.2 Å². The monoisotopic (exact) mass is 345 g/mol. The minimum absolute atomic E-state index is 0.146. The smallest absolute Gasteiger partial charge is 0.354 e. The van der Waals surface area contributed by atoms with Gasteiger partial charge in [0.1, 0.15) is 11.6 Å². The Kier molecular flexibility index (Phi) is 5.15. The molecule has 4 N–H and O–H groups in total. The van der Waals surface area contributed by atoms with Crippen molar-refractivity contribution in [2.45, 2.75) is 44.3 Å². The maximum absolute atomic E-state index is 14.5. The minimum Gasteiger partial charge on any atom is -0.383 e. The minimum atomic E-state index is -0.525. The molecule has 0 spiro atoms. The second-order valence-corrected chi connectivity index (χ2v) is 6.76. The van der Waals surface area contributed by atoms with Crippen molar-refractivity contribution < 1.29 is 4.39 Å². The molecule has 2 aromatic rings. The standard InChI is InChI=1S/C18H24FN5O/c1-23(14-6-3-13(20)4-7-14)11-12-2-5-15(10-16(12)19)24-9-8-17(21)22-18(24)25/h2,5,8-10,13-14H,3-4,6-7,11,20H2,1H3,(H2,21,22,25)/t13-,14-. The van der Waals surface area contributed by atoms with Gasteiger partial charge in [0, 0.05) is 30.4 Å². The molecular weight excluding hydrogens is 321 g/mol. The number of nitrogens with two attached hydrogens (primary N) is 2. The number of halogens is 1. The number of hydrogen-bond donors (Lipinski definition) is 2. The molecule has 0 bridgehead atoms. The second kappa shape index (κ2) is 7.33. The highest BCUT2D eigenvalue weighted by Gasteiger charge is 2.22. The average molecular weight is 345 g/mol. The summed E-state index contributed by atoms with van der Waals surface area (Å²) in [4.78, 5) is 17.7. The van der Waals surface area contributed by atoms with Crippen molar-refractivity contribution in [2.75, 3.05) is 12.8 Å². The van der Waals surface area contributed by atoms with Crippen molar-refractivity contribution >= 4 is 5.82 Å². The molecule has 1 fully saturated rings. The summed E-state index contributed by atoms with van der Waals surface area (Å²) in [5.74, 6) is -0.187. The fraction of sp³-hybridized carbons (Fsp3) is 0.444. The van der Waals surface area contributed by atoms with Gasteiger partial charge in [-0.15, -0.1) is 0 Å². The number of aromatic nitrogens is 2. The lowest BCUT2D eigenvalue weighted by Crippen LogP contribution is -2.38. The summed E-state index contributed by atoms with van der Waals surface area (Å²) in [6, 6.07) is 7.05. The third kappa shape index (κ3) is 4.05. The first-order chi connectivity index (χ1) is 11.9. The van der Waals surface area contributed by atoms with Crippen LogP contribution in [0.4, 0.5) is 10.2 Å². The van der Waals surface area contributed by atoms with E-state index < -0.39 is 5.69 Å². The zero-order valence-electron chi connectivity index (χ0n) is 14.4. The third-order valence-corrected chi connectivity index (χ3v) is 4.92. The Hall–Kier alpha value is -2.25. The van der Waals surface area contributed by atoms with Crippen LogP contribution in [0.15, 0.2) is 35.3 Å². The van der Waals surface area contributed by atoms with E-state index in [4.69, 9.17) is 11.5 Å². The van der Waals surface area contributed by atoms with Crippen molar-refractivity contribution in [3.05, 3.63) is 52.3 Å². The lowest BCUT2D eigenvalue weighted by Gasteiger charge is -2.33. The van der Waals surface area contributed by atoms with Crippen LogP contribution in [-0.2, 0) is 6.54 Å². The second-order valence-electron chi connectivity index (χ2n) is 6.76. The Morgan fingerprint density at radius 1 is 1.28 bits per heavy atom. The first kappa shape index (κ1) is 17.6. The number of benzene rings is 1. The van der Waals surface area contributed by atoms with Gasteiger partial charge in [-0.1, -0.05) is 6.07 Å². The molecule has 25 heavy (non-hydrogen) atoms. The molecular formula is C18H24FN5O. The van der Waals surface area contributed by atoms with Crippen molar-refractivity contribution in [3.8, 4) is 5.69 Å². The predicted molar refractivity (Wildman–Crippen MR) is 95.9 cm³/mol. The molecule has 1 saturated carbocycles. The number of rotatable bonds is 4. The third-order valence-electron chi connectivity index (χ3n) is 4.92. The zero-order chi connectivity index (χ0) is 18.0. The summed E-state index contributed by atoms with van der Waals surface area (Å²) in [6.07, 6.45) is 5.62. The molecule has 0 unspecified atom stereocenters. The summed E-state index contributed by atoms with van der Waals surface area (Å²) in [6.45, 7) is 0.529. The van der Waals surface area contributed by atoms with Gasteiger partial charge in [0.05, 0.1) is 5.69 Å². The molecule has 3 rings (SSSR count). The van der Waals surface area contributed by atoms with E-state index in [0.29, 0.717) is 29.9 Å². The first-order valence-corrected chi connectivity index (χ1v) is 8.54. The maximum atomic E-state index is 14.5. The summed E-state index contributed by atoms with van der Waals surface area (Å²) < 4.78 is 15.8. The Balaban J connectivity index is 1.75. The van der Waals surface area contributed by atoms with Gasteiger partial charge in [0.25, 0.3) is 0 Å². The SMILES string of the molecule is CN(Cc1ccc(-n2ccc(N)nc2=O)cc1F)[C@H]1CC[C@H](N)CC1. The van der Waals surface area contributed by atoms with Gasteiger partial charge in [0.2, 0.25) is 0 Å². The molecule has 1 aliphatic carbocycles. The number of nitrogens with zero attached hydrogens (tertiary/aromatic N) is 3. The van der Waals surface area contributed by atoms with E-state index in [-0.39, 0.29) is 11.6 Å². The first-order valence-electron chi connectivity index (χ1n) is 8.54. The van der Waals surface area contributed by atoms with Gasteiger partial charge in [-0.05, 0) is 50.9 Å². The Morgan fingerprint density at radius 2 is 2.00 bits per heavy atom. The van der Waals surface area contributed by atoms with Crippen LogP contribution in [-0.4, -0.2) is 33.6 Å². The zero-order valence-corrected chi connectivity index (χ0v) is 14.4. The molecule has 1 aliphatic rings. The summed E-state index contributed by atoms with van der Waals surface area (Å²) in [5.41, 5.74) is 11.9. The van der Waals surface area contributed by atoms with Gasteiger partial charge in [-0.3, -0.25) is 9.47 Å². The Bertz CT molecular complexity index is 798. The molecule has 6 nitrogen and oxygen atoms in total. The lowest BCUT2D eigenvalue weighted by molar-refractivity contribution is 0.174. The van der Waals surface area contributed by atoms with E-state index in [0.717, 1.165) is 25.7 Å². The molecule has 1 aromatic heterocycles. The van der Waals surface area contributed by atoms with E-state index in [9.17, 15) is 9.18 Å². The van der Waals surface area contributed by atoms with Gasteiger partial charge in [-0.25, -0.2) is 9.18 Å². The van der Waals surface area contributed by atoms with E-state index in [1.807, 2.05) is 7.05 Å². The highest BCUT2D eigenvalue weighted by molar-refractivity contribution is 5.37. The van der Waals surface area contributed by atoms with Crippen LogP contribution in [0.5, 0.6) is 0 Å². The summed E-state index contributed by atoms with van der Waals surface area (Å²) >= 11 is 0. The van der Waals surface area contributed by atoms with Gasteiger partial charge in [0.15, 0.2) is 0 Å². The van der Waals surface area contributed by atoms with Crippen molar-refractivity contribution in [1.29, 1.82) is 0 Å². The molecule has 0 saturated heterocycles. The number of anilines is 1. The van der Waals surface area contributed by atoms with Gasteiger partial charge < -0.3 is 11.5 Å². The van der Waals surface area contributed by atoms with Crippen LogP contribution >= 0.6 is 0 Å². The Morgan fingerprint density at radius 3 is 2.64 bits per heavy atom. The van der Waals surface area contributed by atoms with Crippen molar-refractivity contribution in [3.63, 3.8) is 0 Å². The van der Waals surface area contributed by atoms with E-state index in [1.54, 1.807) is 12.1 Å². The molecule has 0 atom stereocenters. The molecule has 0 amide bonds. The predicted octanol–water partition coefficient (Wildman–Crippen LogP) is 1.66. The lowest BCUT2D eigenvalue weighted by atomic mass is 9.91. The molecule has 0 aliphatic heterocycles. The molecule has 0 radical (unpaired) electrons.